The molecule has 1 aromatic heterocycles. The quantitative estimate of drug-likeness (QED) is 0.321. The molecule has 0 spiro atoms. The molecule has 0 aliphatic carbocycles. The molecule has 37 heavy (non-hydrogen) atoms. The Hall–Kier alpha value is -3.38. The molecule has 12 heteroatoms. The van der Waals surface area contributed by atoms with E-state index in [1.807, 2.05) is 4.57 Å². The summed E-state index contributed by atoms with van der Waals surface area (Å²) in [4.78, 5) is 17.9. The van der Waals surface area contributed by atoms with Crippen molar-refractivity contribution in [3.8, 4) is 11.5 Å². The van der Waals surface area contributed by atoms with Gasteiger partial charge in [-0.05, 0) is 60.7 Å². The van der Waals surface area contributed by atoms with Gasteiger partial charge in [0.2, 0.25) is 0 Å². The minimum atomic E-state index is -3.81. The number of rotatable bonds is 9. The molecule has 1 N–H and O–H groups in total. The Bertz CT molecular complexity index is 1590. The first-order chi connectivity index (χ1) is 17.8. The number of sulfonamides is 1. The lowest BCUT2D eigenvalue weighted by atomic mass is 10.2. The van der Waals surface area contributed by atoms with Gasteiger partial charge in [0.25, 0.3) is 15.9 Å². The van der Waals surface area contributed by atoms with Crippen LogP contribution < -0.4 is 19.0 Å². The number of fused-ring (bicyclic) bond motifs is 1. The van der Waals surface area contributed by atoms with Crippen LogP contribution in [0.2, 0.25) is 5.02 Å². The number of aromatic nitrogens is 1. The van der Waals surface area contributed by atoms with Crippen molar-refractivity contribution in [3.05, 3.63) is 76.1 Å². The number of hydrogen-bond acceptors (Lipinski definition) is 7. The van der Waals surface area contributed by atoms with Crippen LogP contribution in [0.15, 0.2) is 70.6 Å². The molecule has 0 atom stereocenters. The van der Waals surface area contributed by atoms with Gasteiger partial charge in [-0.3, -0.25) is 9.52 Å². The number of nitrogens with zero attached hydrogens (tertiary/aromatic N) is 2. The minimum Gasteiger partial charge on any atom is -0.495 e. The molecule has 0 aliphatic heterocycles. The van der Waals surface area contributed by atoms with Crippen molar-refractivity contribution in [2.24, 2.45) is 4.99 Å². The van der Waals surface area contributed by atoms with E-state index in [2.05, 4.69) is 9.71 Å². The summed E-state index contributed by atoms with van der Waals surface area (Å²) < 4.78 is 46.7. The number of hydrogen-bond donors (Lipinski definition) is 1. The van der Waals surface area contributed by atoms with E-state index in [1.165, 1.54) is 59.9 Å². The second-order valence-electron chi connectivity index (χ2n) is 7.73. The lowest BCUT2D eigenvalue weighted by Crippen LogP contribution is -2.19. The number of thiazole rings is 1. The number of benzene rings is 3. The van der Waals surface area contributed by atoms with Gasteiger partial charge in [-0.1, -0.05) is 22.9 Å². The van der Waals surface area contributed by atoms with Gasteiger partial charge >= 0.3 is 0 Å². The fourth-order valence-corrected chi connectivity index (χ4v) is 5.94. The Morgan fingerprint density at radius 1 is 0.973 bits per heavy atom. The van der Waals surface area contributed by atoms with Gasteiger partial charge in [-0.15, -0.1) is 0 Å². The predicted octanol–water partition coefficient (Wildman–Crippen LogP) is 4.56. The van der Waals surface area contributed by atoms with Gasteiger partial charge in [0.1, 0.15) is 21.7 Å². The summed E-state index contributed by atoms with van der Waals surface area (Å²) in [6.45, 7) is 0.841. The molecular weight excluding hydrogens is 538 g/mol. The second-order valence-corrected chi connectivity index (χ2v) is 10.8. The van der Waals surface area contributed by atoms with Crippen molar-refractivity contribution in [1.29, 1.82) is 0 Å². The monoisotopic (exact) mass is 561 g/mol. The summed E-state index contributed by atoms with van der Waals surface area (Å²) >= 11 is 7.14. The van der Waals surface area contributed by atoms with E-state index >= 15 is 0 Å². The lowest BCUT2D eigenvalue weighted by Gasteiger charge is -2.10. The first-order valence-corrected chi connectivity index (χ1v) is 13.7. The molecular formula is C25H24ClN3O6S2. The Labute approximate surface area is 222 Å². The number of carbonyl (C=O) groups excluding carboxylic acids is 1. The van der Waals surface area contributed by atoms with Crippen LogP contribution in [0.1, 0.15) is 10.4 Å². The molecule has 0 saturated heterocycles. The van der Waals surface area contributed by atoms with Crippen molar-refractivity contribution in [2.45, 2.75) is 11.4 Å². The molecule has 0 fully saturated rings. The number of anilines is 1. The van der Waals surface area contributed by atoms with Gasteiger partial charge in [-0.2, -0.15) is 4.99 Å². The highest BCUT2D eigenvalue weighted by atomic mass is 35.5. The summed E-state index contributed by atoms with van der Waals surface area (Å²) in [5, 5.41) is 0.435. The number of amides is 1. The SMILES string of the molecule is COCCn1c(=NC(=O)c2ccc(NS(=O)(=O)c3ccc(Cl)cc3)cc2)sc2c(OC)ccc(OC)c21. The van der Waals surface area contributed by atoms with Gasteiger partial charge in [0.15, 0.2) is 4.80 Å². The lowest BCUT2D eigenvalue weighted by molar-refractivity contribution is 0.0997. The van der Waals surface area contributed by atoms with Crippen LogP contribution in [0, 0.1) is 0 Å². The maximum atomic E-state index is 13.1. The smallest absolute Gasteiger partial charge is 0.279 e. The summed E-state index contributed by atoms with van der Waals surface area (Å²) in [5.74, 6) is 0.773. The molecule has 0 aliphatic rings. The average molecular weight is 562 g/mol. The highest BCUT2D eigenvalue weighted by Crippen LogP contribution is 2.35. The zero-order chi connectivity index (χ0) is 26.6. The zero-order valence-electron chi connectivity index (χ0n) is 20.2. The number of halogens is 1. The van der Waals surface area contributed by atoms with Crippen LogP contribution in [0.3, 0.4) is 0 Å². The molecule has 1 heterocycles. The van der Waals surface area contributed by atoms with Crippen molar-refractivity contribution in [1.82, 2.24) is 4.57 Å². The fraction of sp³-hybridized carbons (Fsp3) is 0.200. The molecule has 1 amide bonds. The van der Waals surface area contributed by atoms with E-state index < -0.39 is 15.9 Å². The van der Waals surface area contributed by atoms with Crippen molar-refractivity contribution in [3.63, 3.8) is 0 Å². The van der Waals surface area contributed by atoms with Gasteiger partial charge in [0, 0.05) is 29.9 Å². The molecule has 0 unspecified atom stereocenters. The molecule has 194 valence electrons. The Kier molecular flexibility index (Phi) is 8.18. The van der Waals surface area contributed by atoms with Crippen molar-refractivity contribution < 1.29 is 27.4 Å². The van der Waals surface area contributed by atoms with E-state index in [9.17, 15) is 13.2 Å². The standard InChI is InChI=1S/C25H24ClN3O6S2/c1-33-15-14-29-22-20(34-2)12-13-21(35-3)23(22)36-25(29)27-24(30)16-4-8-18(9-5-16)28-37(31,32)19-10-6-17(26)7-11-19/h4-13,28H,14-15H2,1-3H3. The van der Waals surface area contributed by atoms with Gasteiger partial charge < -0.3 is 18.8 Å². The minimum absolute atomic E-state index is 0.0725. The normalized spacial score (nSPS) is 12.1. The van der Waals surface area contributed by atoms with Crippen LogP contribution in [0.4, 0.5) is 5.69 Å². The third kappa shape index (κ3) is 5.80. The second kappa shape index (κ2) is 11.3. The van der Waals surface area contributed by atoms with E-state index in [-0.39, 0.29) is 4.90 Å². The van der Waals surface area contributed by atoms with Crippen LogP contribution in [0.5, 0.6) is 11.5 Å². The maximum Gasteiger partial charge on any atom is 0.279 e. The first-order valence-electron chi connectivity index (χ1n) is 11.0. The van der Waals surface area contributed by atoms with E-state index in [0.29, 0.717) is 45.7 Å². The largest absolute Gasteiger partial charge is 0.495 e. The van der Waals surface area contributed by atoms with Gasteiger partial charge in [-0.25, -0.2) is 8.42 Å². The van der Waals surface area contributed by atoms with Crippen LogP contribution >= 0.6 is 22.9 Å². The Morgan fingerprint density at radius 2 is 1.62 bits per heavy atom. The molecule has 0 bridgehead atoms. The Morgan fingerprint density at radius 3 is 2.24 bits per heavy atom. The van der Waals surface area contributed by atoms with Crippen LogP contribution in [-0.4, -0.2) is 46.8 Å². The van der Waals surface area contributed by atoms with Gasteiger partial charge in [0.05, 0.1) is 25.7 Å². The third-order valence-electron chi connectivity index (χ3n) is 5.42. The fourth-order valence-electron chi connectivity index (χ4n) is 3.59. The van der Waals surface area contributed by atoms with E-state index in [4.69, 9.17) is 25.8 Å². The van der Waals surface area contributed by atoms with Crippen LogP contribution in [0.25, 0.3) is 10.2 Å². The summed E-state index contributed by atoms with van der Waals surface area (Å²) in [6.07, 6.45) is 0. The van der Waals surface area contributed by atoms with E-state index in [0.717, 1.165) is 10.2 Å². The molecule has 0 radical (unpaired) electrons. The highest BCUT2D eigenvalue weighted by molar-refractivity contribution is 7.92. The van der Waals surface area contributed by atoms with E-state index in [1.54, 1.807) is 33.5 Å². The predicted molar refractivity (Wildman–Crippen MR) is 143 cm³/mol. The summed E-state index contributed by atoms with van der Waals surface area (Å²) in [6, 6.07) is 15.5. The molecule has 4 rings (SSSR count). The summed E-state index contributed by atoms with van der Waals surface area (Å²) in [5.41, 5.74) is 1.35. The highest BCUT2D eigenvalue weighted by Gasteiger charge is 2.18. The zero-order valence-corrected chi connectivity index (χ0v) is 22.6. The molecule has 3 aromatic carbocycles. The number of ether oxygens (including phenoxy) is 3. The van der Waals surface area contributed by atoms with Crippen molar-refractivity contribution >= 4 is 54.8 Å². The summed E-state index contributed by atoms with van der Waals surface area (Å²) in [7, 11) is 0.935. The number of nitrogens with one attached hydrogen (secondary N) is 1. The first kappa shape index (κ1) is 26.7. The molecule has 4 aromatic rings. The molecule has 9 nitrogen and oxygen atoms in total. The van der Waals surface area contributed by atoms with Crippen LogP contribution in [-0.2, 0) is 21.3 Å². The third-order valence-corrected chi connectivity index (χ3v) is 8.16. The molecule has 0 saturated carbocycles. The average Bonchev–Trinajstić information content (AvgIpc) is 3.25. The van der Waals surface area contributed by atoms with Crippen molar-refractivity contribution in [2.75, 3.05) is 32.7 Å². The Balaban J connectivity index is 1.66. The number of methoxy groups -OCH3 is 3. The number of carbonyl (C=O) groups is 1. The maximum absolute atomic E-state index is 13.1. The topological polar surface area (TPSA) is 108 Å².